The average Bonchev–Trinajstić information content (AvgIpc) is 2.51. The first kappa shape index (κ1) is 17.7. The number of Topliss-reactive ketones (excluding diaryl/α,β-unsaturated/α-hetero) is 1. The lowest BCUT2D eigenvalue weighted by molar-refractivity contribution is 0.101. The van der Waals surface area contributed by atoms with Crippen LogP contribution < -0.4 is 5.73 Å². The molecule has 124 valence electrons. The maximum absolute atomic E-state index is 11.5. The second-order valence-electron chi connectivity index (χ2n) is 7.35. The molecular weight excluding hydrogens is 282 g/mol. The third kappa shape index (κ3) is 3.18. The van der Waals surface area contributed by atoms with Gasteiger partial charge in [-0.3, -0.25) is 4.79 Å². The van der Waals surface area contributed by atoms with Crippen molar-refractivity contribution in [3.05, 3.63) is 53.1 Å². The fourth-order valence-electron chi connectivity index (χ4n) is 3.91. The Balaban J connectivity index is 2.51. The third-order valence-electron chi connectivity index (χ3n) is 5.46. The van der Waals surface area contributed by atoms with Gasteiger partial charge in [-0.05, 0) is 36.3 Å². The molecule has 0 amide bonds. The molecule has 0 aromatic heterocycles. The van der Waals surface area contributed by atoms with Crippen LogP contribution in [0, 0.1) is 10.8 Å². The lowest BCUT2D eigenvalue weighted by Gasteiger charge is -2.46. The van der Waals surface area contributed by atoms with Gasteiger partial charge in [0, 0.05) is 17.5 Å². The number of hydrogen-bond acceptors (Lipinski definition) is 2. The van der Waals surface area contributed by atoms with E-state index >= 15 is 0 Å². The van der Waals surface area contributed by atoms with Gasteiger partial charge in [-0.2, -0.15) is 0 Å². The van der Waals surface area contributed by atoms with Gasteiger partial charge >= 0.3 is 0 Å². The fourth-order valence-corrected chi connectivity index (χ4v) is 3.91. The van der Waals surface area contributed by atoms with Crippen LogP contribution in [0.2, 0.25) is 0 Å². The van der Waals surface area contributed by atoms with Crippen LogP contribution in [0.5, 0.6) is 0 Å². The minimum absolute atomic E-state index is 0.0554. The van der Waals surface area contributed by atoms with Crippen LogP contribution in [-0.4, -0.2) is 12.3 Å². The summed E-state index contributed by atoms with van der Waals surface area (Å²) in [6, 6.07) is 7.99. The smallest absolute Gasteiger partial charge is 0.159 e. The van der Waals surface area contributed by atoms with Crippen molar-refractivity contribution in [1.82, 2.24) is 0 Å². The number of carbonyl (C=O) groups is 1. The monoisotopic (exact) mass is 311 g/mol. The van der Waals surface area contributed by atoms with Crippen LogP contribution in [0.15, 0.2) is 42.0 Å². The molecule has 23 heavy (non-hydrogen) atoms. The van der Waals surface area contributed by atoms with Crippen molar-refractivity contribution >= 4 is 11.4 Å². The fraction of sp³-hybridized carbons (Fsp3) is 0.476. The summed E-state index contributed by atoms with van der Waals surface area (Å²) in [4.78, 5) is 11.5. The molecule has 0 saturated heterocycles. The molecule has 1 aromatic carbocycles. The Labute approximate surface area is 140 Å². The normalized spacial score (nSPS) is 25.3. The Hall–Kier alpha value is -1.67. The predicted molar refractivity (Wildman–Crippen MR) is 98.4 cm³/mol. The highest BCUT2D eigenvalue weighted by Gasteiger charge is 2.42. The van der Waals surface area contributed by atoms with E-state index in [9.17, 15) is 4.79 Å². The van der Waals surface area contributed by atoms with Crippen molar-refractivity contribution in [2.75, 3.05) is 6.54 Å². The first-order valence-corrected chi connectivity index (χ1v) is 8.49. The van der Waals surface area contributed by atoms with E-state index in [-0.39, 0.29) is 16.6 Å². The number of benzene rings is 1. The molecule has 0 aliphatic heterocycles. The van der Waals surface area contributed by atoms with E-state index in [0.717, 1.165) is 18.4 Å². The lowest BCUT2D eigenvalue weighted by atomic mass is 9.58. The lowest BCUT2D eigenvalue weighted by Crippen LogP contribution is -2.34. The van der Waals surface area contributed by atoms with Gasteiger partial charge < -0.3 is 5.73 Å². The number of carbonyl (C=O) groups excluding carboxylic acids is 1. The number of ketones is 1. The molecule has 1 aromatic rings. The summed E-state index contributed by atoms with van der Waals surface area (Å²) in [7, 11) is 0. The summed E-state index contributed by atoms with van der Waals surface area (Å²) in [6.07, 6.45) is 6.72. The van der Waals surface area contributed by atoms with E-state index in [1.807, 2.05) is 12.1 Å². The molecule has 0 heterocycles. The summed E-state index contributed by atoms with van der Waals surface area (Å²) in [5, 5.41) is 0. The van der Waals surface area contributed by atoms with E-state index in [4.69, 9.17) is 5.73 Å². The second kappa shape index (κ2) is 6.45. The maximum atomic E-state index is 11.5. The van der Waals surface area contributed by atoms with Crippen LogP contribution in [0.1, 0.15) is 63.4 Å². The van der Waals surface area contributed by atoms with Gasteiger partial charge in [-0.25, -0.2) is 0 Å². The van der Waals surface area contributed by atoms with Crippen LogP contribution in [-0.2, 0) is 0 Å². The molecule has 1 aliphatic rings. The van der Waals surface area contributed by atoms with Crippen molar-refractivity contribution in [3.63, 3.8) is 0 Å². The van der Waals surface area contributed by atoms with E-state index in [1.165, 1.54) is 16.7 Å². The van der Waals surface area contributed by atoms with E-state index in [1.54, 1.807) is 6.92 Å². The van der Waals surface area contributed by atoms with Gasteiger partial charge in [0.1, 0.15) is 0 Å². The molecule has 0 fully saturated rings. The van der Waals surface area contributed by atoms with Crippen molar-refractivity contribution in [3.8, 4) is 0 Å². The average molecular weight is 311 g/mol. The van der Waals surface area contributed by atoms with Crippen molar-refractivity contribution in [2.45, 2.75) is 47.5 Å². The Morgan fingerprint density at radius 1 is 1.22 bits per heavy atom. The zero-order valence-electron chi connectivity index (χ0n) is 15.1. The standard InChI is InChI=1S/C21H29NO/c1-6-21(5)13-11-18(20(3,4)19(21)12-14-22)17-9-7-16(8-10-17)15(2)23/h7-12H,6,13-14,22H2,1-5H3/b19-12-/t21-/m0/s1. The van der Waals surface area contributed by atoms with Crippen LogP contribution in [0.3, 0.4) is 0 Å². The van der Waals surface area contributed by atoms with Gasteiger partial charge in [0.25, 0.3) is 0 Å². The Morgan fingerprint density at radius 2 is 1.83 bits per heavy atom. The van der Waals surface area contributed by atoms with Crippen LogP contribution in [0.4, 0.5) is 0 Å². The minimum atomic E-state index is -0.0554. The number of hydrogen-bond donors (Lipinski definition) is 1. The van der Waals surface area contributed by atoms with E-state index < -0.39 is 0 Å². The highest BCUT2D eigenvalue weighted by atomic mass is 16.1. The van der Waals surface area contributed by atoms with Crippen LogP contribution in [0.25, 0.3) is 5.57 Å². The number of rotatable bonds is 4. The molecular formula is C21H29NO. The van der Waals surface area contributed by atoms with Crippen molar-refractivity contribution < 1.29 is 4.79 Å². The van der Waals surface area contributed by atoms with Crippen LogP contribution >= 0.6 is 0 Å². The zero-order valence-corrected chi connectivity index (χ0v) is 15.1. The zero-order chi connectivity index (χ0) is 17.3. The Kier molecular flexibility index (Phi) is 4.95. The molecule has 0 unspecified atom stereocenters. The topological polar surface area (TPSA) is 43.1 Å². The summed E-state index contributed by atoms with van der Waals surface area (Å²) < 4.78 is 0. The molecule has 2 N–H and O–H groups in total. The number of allylic oxidation sites excluding steroid dienone is 3. The van der Waals surface area contributed by atoms with Crippen molar-refractivity contribution in [1.29, 1.82) is 0 Å². The molecule has 1 atom stereocenters. The maximum Gasteiger partial charge on any atom is 0.159 e. The minimum Gasteiger partial charge on any atom is -0.327 e. The SMILES string of the molecule is CC[C@@]1(C)CC=C(c2ccc(C(C)=O)cc2)C(C)(C)/C1=C/CN. The Bertz CT molecular complexity index is 649. The highest BCUT2D eigenvalue weighted by molar-refractivity contribution is 5.94. The van der Waals surface area contributed by atoms with E-state index in [2.05, 4.69) is 52.0 Å². The van der Waals surface area contributed by atoms with Gasteiger partial charge in [0.2, 0.25) is 0 Å². The second-order valence-corrected chi connectivity index (χ2v) is 7.35. The first-order chi connectivity index (χ1) is 10.8. The molecule has 2 rings (SSSR count). The largest absolute Gasteiger partial charge is 0.327 e. The third-order valence-corrected chi connectivity index (χ3v) is 5.46. The molecule has 1 aliphatic carbocycles. The summed E-state index contributed by atoms with van der Waals surface area (Å²) in [5.74, 6) is 0.107. The van der Waals surface area contributed by atoms with Gasteiger partial charge in [0.15, 0.2) is 5.78 Å². The van der Waals surface area contributed by atoms with Gasteiger partial charge in [-0.15, -0.1) is 0 Å². The quantitative estimate of drug-likeness (QED) is 0.628. The summed E-state index contributed by atoms with van der Waals surface area (Å²) in [5.41, 5.74) is 10.7. The number of nitrogens with two attached hydrogens (primary N) is 1. The molecule has 0 bridgehead atoms. The summed E-state index contributed by atoms with van der Waals surface area (Å²) >= 11 is 0. The van der Waals surface area contributed by atoms with E-state index in [0.29, 0.717) is 6.54 Å². The first-order valence-electron chi connectivity index (χ1n) is 8.49. The molecule has 0 spiro atoms. The molecule has 0 radical (unpaired) electrons. The summed E-state index contributed by atoms with van der Waals surface area (Å²) in [6.45, 7) is 11.3. The van der Waals surface area contributed by atoms with Crippen molar-refractivity contribution in [2.24, 2.45) is 16.6 Å². The predicted octanol–water partition coefficient (Wildman–Crippen LogP) is 5.00. The Morgan fingerprint density at radius 3 is 2.30 bits per heavy atom. The molecule has 2 heteroatoms. The van der Waals surface area contributed by atoms with Gasteiger partial charge in [0.05, 0.1) is 0 Å². The van der Waals surface area contributed by atoms with Gasteiger partial charge in [-0.1, -0.05) is 69.7 Å². The molecule has 2 nitrogen and oxygen atoms in total. The molecule has 0 saturated carbocycles. The highest BCUT2D eigenvalue weighted by Crippen LogP contribution is 2.55.